The molecule has 2 N–H and O–H groups in total. The van der Waals surface area contributed by atoms with Crippen LogP contribution in [0.25, 0.3) is 11.3 Å². The Morgan fingerprint density at radius 3 is 2.39 bits per heavy atom. The molecule has 0 bridgehead atoms. The first kappa shape index (κ1) is 28.0. The lowest BCUT2D eigenvalue weighted by Gasteiger charge is -2.28. The van der Waals surface area contributed by atoms with Gasteiger partial charge in [0.2, 0.25) is 0 Å². The number of hydrogen-bond acceptors (Lipinski definition) is 6. The average Bonchev–Trinajstić information content (AvgIpc) is 3.27. The number of hydrogen-bond donors (Lipinski definition) is 2. The maximum atomic E-state index is 13.9. The molecule has 0 spiro atoms. The summed E-state index contributed by atoms with van der Waals surface area (Å²) in [5, 5.41) is 19.1. The number of aliphatic hydroxyl groups excluding tert-OH is 1. The highest BCUT2D eigenvalue weighted by Crippen LogP contribution is 2.40. The molecule has 0 amide bonds. The van der Waals surface area contributed by atoms with Crippen LogP contribution >= 0.6 is 11.8 Å². The molecule has 4 heterocycles. The highest BCUT2D eigenvalue weighted by Gasteiger charge is 2.34. The molecule has 2 fully saturated rings. The molecule has 6 nitrogen and oxygen atoms in total. The van der Waals surface area contributed by atoms with Crippen LogP contribution in [0.15, 0.2) is 23.1 Å². The summed E-state index contributed by atoms with van der Waals surface area (Å²) >= 11 is 1.29. The lowest BCUT2D eigenvalue weighted by molar-refractivity contribution is -0.139. The smallest absolute Gasteiger partial charge is 0.390 e. The summed E-state index contributed by atoms with van der Waals surface area (Å²) in [7, 11) is 0. The third kappa shape index (κ3) is 6.94. The van der Waals surface area contributed by atoms with E-state index >= 15 is 0 Å². The van der Waals surface area contributed by atoms with Crippen molar-refractivity contribution >= 4 is 11.8 Å². The van der Waals surface area contributed by atoms with Crippen molar-refractivity contribution < 1.29 is 18.3 Å². The standard InChI is InChI=1S/C28H40F3N5OS/c29-28(30,31)24-8-7-21(17-26(24)38-16-15-34-11-3-1-4-12-34)27-23-18-32-10-9-25(23)36(33-27)20-22(37)19-35-13-5-2-6-14-35/h7-8,17,22,32,37H,1-6,9-16,18-20H2. The van der Waals surface area contributed by atoms with Crippen molar-refractivity contribution in [2.75, 3.05) is 51.6 Å². The third-order valence-corrected chi connectivity index (χ3v) is 9.02. The first-order valence-electron chi connectivity index (χ1n) is 14.1. The predicted octanol–water partition coefficient (Wildman–Crippen LogP) is 4.64. The van der Waals surface area contributed by atoms with E-state index in [0.29, 0.717) is 31.0 Å². The number of halogens is 3. The minimum absolute atomic E-state index is 0.268. The highest BCUT2D eigenvalue weighted by molar-refractivity contribution is 7.99. The van der Waals surface area contributed by atoms with Crippen LogP contribution in [-0.2, 0) is 25.7 Å². The number of β-amino-alcohol motifs (C(OH)–C–C–N with tert-alkyl or cyclic N) is 1. The molecule has 0 radical (unpaired) electrons. The van der Waals surface area contributed by atoms with Crippen LogP contribution in [0.4, 0.5) is 13.2 Å². The van der Waals surface area contributed by atoms with Gasteiger partial charge in [-0.25, -0.2) is 0 Å². The van der Waals surface area contributed by atoms with Gasteiger partial charge in [-0.15, -0.1) is 11.8 Å². The fraction of sp³-hybridized carbons (Fsp3) is 0.679. The molecule has 3 aliphatic heterocycles. The topological polar surface area (TPSA) is 56.6 Å². The maximum absolute atomic E-state index is 13.9. The van der Waals surface area contributed by atoms with Gasteiger partial charge in [0.15, 0.2) is 0 Å². The van der Waals surface area contributed by atoms with E-state index in [1.165, 1.54) is 56.4 Å². The van der Waals surface area contributed by atoms with Gasteiger partial charge in [0.25, 0.3) is 0 Å². The van der Waals surface area contributed by atoms with E-state index in [4.69, 9.17) is 5.10 Å². The Balaban J connectivity index is 1.36. The number of nitrogens with one attached hydrogen (secondary N) is 1. The molecule has 10 heteroatoms. The van der Waals surface area contributed by atoms with Gasteiger partial charge >= 0.3 is 6.18 Å². The van der Waals surface area contributed by atoms with E-state index in [0.717, 1.165) is 62.6 Å². The SMILES string of the molecule is OC(CN1CCCCC1)Cn1nc(-c2ccc(C(F)(F)F)c(SCCN3CCCCC3)c2)c2c1CCNC2. The molecule has 0 saturated carbocycles. The summed E-state index contributed by atoms with van der Waals surface area (Å²) in [5.41, 5.74) is 2.97. The zero-order chi connectivity index (χ0) is 26.5. The molecule has 2 aromatic rings. The van der Waals surface area contributed by atoms with Crippen molar-refractivity contribution in [1.29, 1.82) is 0 Å². The fourth-order valence-corrected chi connectivity index (χ4v) is 7.11. The first-order chi connectivity index (χ1) is 18.4. The number of likely N-dealkylation sites (tertiary alicyclic amines) is 2. The molecule has 1 aromatic heterocycles. The molecule has 1 aromatic carbocycles. The van der Waals surface area contributed by atoms with Crippen LogP contribution in [0.5, 0.6) is 0 Å². The monoisotopic (exact) mass is 551 g/mol. The fourth-order valence-electron chi connectivity index (χ4n) is 5.99. The van der Waals surface area contributed by atoms with Crippen molar-refractivity contribution in [3.8, 4) is 11.3 Å². The second-order valence-corrected chi connectivity index (χ2v) is 12.0. The minimum Gasteiger partial charge on any atom is -0.390 e. The predicted molar refractivity (Wildman–Crippen MR) is 145 cm³/mol. The first-order valence-corrected chi connectivity index (χ1v) is 15.1. The highest BCUT2D eigenvalue weighted by atomic mass is 32.2. The number of fused-ring (bicyclic) bond motifs is 1. The molecular formula is C28H40F3N5OS. The second kappa shape index (κ2) is 12.7. The molecule has 38 heavy (non-hydrogen) atoms. The van der Waals surface area contributed by atoms with Crippen molar-refractivity contribution in [2.24, 2.45) is 0 Å². The maximum Gasteiger partial charge on any atom is 0.417 e. The number of aromatic nitrogens is 2. The van der Waals surface area contributed by atoms with Gasteiger partial charge in [-0.3, -0.25) is 4.68 Å². The summed E-state index contributed by atoms with van der Waals surface area (Å²) in [5.74, 6) is 0.628. The second-order valence-electron chi connectivity index (χ2n) is 10.9. The van der Waals surface area contributed by atoms with Crippen LogP contribution in [0, 0.1) is 0 Å². The van der Waals surface area contributed by atoms with Crippen molar-refractivity contribution in [3.05, 3.63) is 35.0 Å². The Bertz CT molecular complexity index is 1060. The van der Waals surface area contributed by atoms with Crippen LogP contribution in [0.3, 0.4) is 0 Å². The van der Waals surface area contributed by atoms with E-state index < -0.39 is 17.8 Å². The van der Waals surface area contributed by atoms with Gasteiger partial charge in [0.1, 0.15) is 0 Å². The normalized spacial score (nSPS) is 20.4. The largest absolute Gasteiger partial charge is 0.417 e. The Morgan fingerprint density at radius 1 is 0.974 bits per heavy atom. The van der Waals surface area contributed by atoms with Gasteiger partial charge in [-0.2, -0.15) is 18.3 Å². The summed E-state index contributed by atoms with van der Waals surface area (Å²) in [6.07, 6.45) is 3.03. The van der Waals surface area contributed by atoms with Gasteiger partial charge in [0.05, 0.1) is 23.9 Å². The zero-order valence-corrected chi connectivity index (χ0v) is 22.9. The number of piperidine rings is 2. The summed E-state index contributed by atoms with van der Waals surface area (Å²) in [6.45, 7) is 7.39. The van der Waals surface area contributed by atoms with Gasteiger partial charge in [-0.05, 0) is 64.0 Å². The van der Waals surface area contributed by atoms with Gasteiger partial charge in [-0.1, -0.05) is 18.9 Å². The average molecular weight is 552 g/mol. The Morgan fingerprint density at radius 2 is 1.68 bits per heavy atom. The molecule has 210 valence electrons. The molecule has 0 aliphatic carbocycles. The van der Waals surface area contributed by atoms with E-state index in [1.807, 2.05) is 4.68 Å². The van der Waals surface area contributed by atoms with Crippen molar-refractivity contribution in [3.63, 3.8) is 0 Å². The molecule has 1 unspecified atom stereocenters. The van der Waals surface area contributed by atoms with Crippen LogP contribution in [0.1, 0.15) is 55.3 Å². The summed E-state index contributed by atoms with van der Waals surface area (Å²) in [6, 6.07) is 4.45. The summed E-state index contributed by atoms with van der Waals surface area (Å²) < 4.78 is 43.6. The number of aliphatic hydroxyl groups is 1. The lowest BCUT2D eigenvalue weighted by atomic mass is 10.0. The number of thioether (sulfide) groups is 1. The Hall–Kier alpha value is -1.59. The summed E-state index contributed by atoms with van der Waals surface area (Å²) in [4.78, 5) is 4.94. The molecule has 1 atom stereocenters. The van der Waals surface area contributed by atoms with Gasteiger partial charge in [0, 0.05) is 60.1 Å². The molecule has 2 saturated heterocycles. The van der Waals surface area contributed by atoms with Gasteiger partial charge < -0.3 is 20.2 Å². The lowest BCUT2D eigenvalue weighted by Crippen LogP contribution is -2.38. The van der Waals surface area contributed by atoms with E-state index in [9.17, 15) is 18.3 Å². The molecule has 3 aliphatic rings. The van der Waals surface area contributed by atoms with Crippen LogP contribution in [-0.4, -0.2) is 82.4 Å². The third-order valence-electron chi connectivity index (χ3n) is 7.98. The number of benzene rings is 1. The Labute approximate surface area is 227 Å². The van der Waals surface area contributed by atoms with Crippen molar-refractivity contribution in [1.82, 2.24) is 24.9 Å². The molecule has 5 rings (SSSR count). The van der Waals surface area contributed by atoms with Crippen LogP contribution < -0.4 is 5.32 Å². The Kier molecular flexibility index (Phi) is 9.36. The minimum atomic E-state index is -4.40. The molecular weight excluding hydrogens is 511 g/mol. The van der Waals surface area contributed by atoms with Crippen LogP contribution in [0.2, 0.25) is 0 Å². The van der Waals surface area contributed by atoms with E-state index in [1.54, 1.807) is 12.1 Å². The van der Waals surface area contributed by atoms with Crippen molar-refractivity contribution in [2.45, 2.75) is 75.2 Å². The van der Waals surface area contributed by atoms with E-state index in [2.05, 4.69) is 15.1 Å². The number of rotatable bonds is 9. The number of alkyl halides is 3. The number of nitrogens with zero attached hydrogens (tertiary/aromatic N) is 4. The quantitative estimate of drug-likeness (QED) is 0.443. The zero-order valence-electron chi connectivity index (χ0n) is 22.1. The van der Waals surface area contributed by atoms with E-state index in [-0.39, 0.29) is 4.90 Å².